The maximum atomic E-state index is 11.9. The molecule has 0 heterocycles. The third-order valence-corrected chi connectivity index (χ3v) is 4.55. The van der Waals surface area contributed by atoms with Crippen LogP contribution in [0.3, 0.4) is 0 Å². The molecule has 0 saturated heterocycles. The molecule has 0 bridgehead atoms. The molecule has 0 spiro atoms. The Morgan fingerprint density at radius 3 is 2.52 bits per heavy atom. The molecule has 3 amide bonds. The van der Waals surface area contributed by atoms with Crippen LogP contribution in [-0.2, 0) is 16.1 Å². The van der Waals surface area contributed by atoms with Crippen LogP contribution in [0.25, 0.3) is 0 Å². The predicted molar refractivity (Wildman–Crippen MR) is 95.9 cm³/mol. The molecule has 0 radical (unpaired) electrons. The summed E-state index contributed by atoms with van der Waals surface area (Å²) in [4.78, 5) is 35.4. The Kier molecular flexibility index (Phi) is 7.44. The van der Waals surface area contributed by atoms with Gasteiger partial charge in [-0.3, -0.25) is 14.4 Å². The number of carbonyl (C=O) groups is 3. The van der Waals surface area contributed by atoms with Crippen molar-refractivity contribution in [2.45, 2.75) is 45.1 Å². The molecule has 1 aliphatic rings. The lowest BCUT2D eigenvalue weighted by atomic mass is 9.87. The highest BCUT2D eigenvalue weighted by Gasteiger charge is 2.17. The van der Waals surface area contributed by atoms with E-state index in [1.807, 2.05) is 6.07 Å². The highest BCUT2D eigenvalue weighted by atomic mass is 16.2. The monoisotopic (exact) mass is 345 g/mol. The lowest BCUT2D eigenvalue weighted by Gasteiger charge is -2.20. The fourth-order valence-corrected chi connectivity index (χ4v) is 3.13. The molecule has 25 heavy (non-hydrogen) atoms. The quantitative estimate of drug-likeness (QED) is 0.703. The second kappa shape index (κ2) is 9.81. The fourth-order valence-electron chi connectivity index (χ4n) is 3.13. The lowest BCUT2D eigenvalue weighted by molar-refractivity contribution is -0.126. The summed E-state index contributed by atoms with van der Waals surface area (Å²) in [7, 11) is 1.58. The average Bonchev–Trinajstić information content (AvgIpc) is 2.65. The van der Waals surface area contributed by atoms with Crippen LogP contribution in [0.15, 0.2) is 24.3 Å². The third-order valence-electron chi connectivity index (χ3n) is 4.55. The van der Waals surface area contributed by atoms with Crippen molar-refractivity contribution >= 4 is 17.7 Å². The summed E-state index contributed by atoms with van der Waals surface area (Å²) >= 11 is 0. The standard InChI is InChI=1S/C19H27N3O3/c1-20-19(25)16-9-5-8-15(10-16)12-21-18(24)13-22-17(23)11-14-6-3-2-4-7-14/h5,8-10,14H,2-4,6-7,11-13H2,1H3,(H,20,25)(H,21,24)(H,22,23). The Hall–Kier alpha value is -2.37. The maximum Gasteiger partial charge on any atom is 0.251 e. The summed E-state index contributed by atoms with van der Waals surface area (Å²) in [5.41, 5.74) is 1.39. The normalized spacial score (nSPS) is 14.6. The molecule has 0 atom stereocenters. The van der Waals surface area contributed by atoms with Gasteiger partial charge < -0.3 is 16.0 Å². The molecular weight excluding hydrogens is 318 g/mol. The Morgan fingerprint density at radius 1 is 1.04 bits per heavy atom. The van der Waals surface area contributed by atoms with Crippen molar-refractivity contribution in [3.8, 4) is 0 Å². The molecule has 0 aromatic heterocycles. The maximum absolute atomic E-state index is 11.9. The van der Waals surface area contributed by atoms with Crippen LogP contribution in [0.1, 0.15) is 54.4 Å². The van der Waals surface area contributed by atoms with E-state index in [-0.39, 0.29) is 24.3 Å². The molecule has 3 N–H and O–H groups in total. The van der Waals surface area contributed by atoms with Gasteiger partial charge in [0.1, 0.15) is 0 Å². The molecule has 1 saturated carbocycles. The molecule has 6 heteroatoms. The summed E-state index contributed by atoms with van der Waals surface area (Å²) < 4.78 is 0. The molecule has 1 fully saturated rings. The number of hydrogen-bond acceptors (Lipinski definition) is 3. The van der Waals surface area contributed by atoms with Crippen LogP contribution in [0, 0.1) is 5.92 Å². The smallest absolute Gasteiger partial charge is 0.251 e. The first-order chi connectivity index (χ1) is 12.1. The molecule has 1 aromatic carbocycles. The molecule has 136 valence electrons. The average molecular weight is 345 g/mol. The first kappa shape index (κ1) is 19.0. The van der Waals surface area contributed by atoms with Crippen molar-refractivity contribution in [1.82, 2.24) is 16.0 Å². The molecule has 0 aliphatic heterocycles. The number of rotatable bonds is 7. The first-order valence-corrected chi connectivity index (χ1v) is 8.93. The van der Waals surface area contributed by atoms with Gasteiger partial charge in [-0.15, -0.1) is 0 Å². The number of carbonyl (C=O) groups excluding carboxylic acids is 3. The van der Waals surface area contributed by atoms with E-state index in [1.165, 1.54) is 19.3 Å². The van der Waals surface area contributed by atoms with Gasteiger partial charge in [0.15, 0.2) is 0 Å². The van der Waals surface area contributed by atoms with Gasteiger partial charge >= 0.3 is 0 Å². The van der Waals surface area contributed by atoms with Gasteiger partial charge in [0.25, 0.3) is 5.91 Å². The lowest BCUT2D eigenvalue weighted by Crippen LogP contribution is -2.37. The minimum atomic E-state index is -0.234. The SMILES string of the molecule is CNC(=O)c1cccc(CNC(=O)CNC(=O)CC2CCCCC2)c1. The molecule has 1 aromatic rings. The zero-order chi connectivity index (χ0) is 18.1. The Morgan fingerprint density at radius 2 is 1.80 bits per heavy atom. The summed E-state index contributed by atoms with van der Waals surface area (Å²) in [6.45, 7) is 0.308. The van der Waals surface area contributed by atoms with Crippen LogP contribution in [0.2, 0.25) is 0 Å². The van der Waals surface area contributed by atoms with E-state index in [0.29, 0.717) is 24.4 Å². The predicted octanol–water partition coefficient (Wildman–Crippen LogP) is 1.75. The zero-order valence-electron chi connectivity index (χ0n) is 14.8. The van der Waals surface area contributed by atoms with Crippen molar-refractivity contribution < 1.29 is 14.4 Å². The van der Waals surface area contributed by atoms with Gasteiger partial charge in [0, 0.05) is 25.6 Å². The first-order valence-electron chi connectivity index (χ1n) is 8.93. The minimum absolute atomic E-state index is 0.0132. The summed E-state index contributed by atoms with van der Waals surface area (Å²) in [5, 5.41) is 8.01. The van der Waals surface area contributed by atoms with E-state index >= 15 is 0 Å². The second-order valence-electron chi connectivity index (χ2n) is 6.54. The fraction of sp³-hybridized carbons (Fsp3) is 0.526. The third kappa shape index (κ3) is 6.57. The van der Waals surface area contributed by atoms with Crippen LogP contribution in [0.5, 0.6) is 0 Å². The van der Waals surface area contributed by atoms with Crippen molar-refractivity contribution in [3.05, 3.63) is 35.4 Å². The van der Waals surface area contributed by atoms with Crippen molar-refractivity contribution in [1.29, 1.82) is 0 Å². The number of hydrogen-bond donors (Lipinski definition) is 3. The van der Waals surface area contributed by atoms with Gasteiger partial charge in [-0.05, 0) is 36.5 Å². The zero-order valence-corrected chi connectivity index (χ0v) is 14.8. The topological polar surface area (TPSA) is 87.3 Å². The largest absolute Gasteiger partial charge is 0.355 e. The van der Waals surface area contributed by atoms with Gasteiger partial charge in [0.2, 0.25) is 11.8 Å². The van der Waals surface area contributed by atoms with Crippen LogP contribution in [0.4, 0.5) is 0 Å². The minimum Gasteiger partial charge on any atom is -0.355 e. The highest BCUT2D eigenvalue weighted by molar-refractivity contribution is 5.94. The number of benzene rings is 1. The van der Waals surface area contributed by atoms with Crippen LogP contribution >= 0.6 is 0 Å². The second-order valence-corrected chi connectivity index (χ2v) is 6.54. The van der Waals surface area contributed by atoms with Gasteiger partial charge in [-0.2, -0.15) is 0 Å². The molecule has 1 aliphatic carbocycles. The van der Waals surface area contributed by atoms with Gasteiger partial charge in [-0.25, -0.2) is 0 Å². The van der Waals surface area contributed by atoms with E-state index in [0.717, 1.165) is 18.4 Å². The van der Waals surface area contributed by atoms with Crippen molar-refractivity contribution in [2.24, 2.45) is 5.92 Å². The van der Waals surface area contributed by atoms with Crippen molar-refractivity contribution in [2.75, 3.05) is 13.6 Å². The van der Waals surface area contributed by atoms with E-state index in [2.05, 4.69) is 16.0 Å². The summed E-state index contributed by atoms with van der Waals surface area (Å²) in [6, 6.07) is 7.07. The summed E-state index contributed by atoms with van der Waals surface area (Å²) in [5.74, 6) is 0.0124. The Balaban J connectivity index is 1.69. The van der Waals surface area contributed by atoms with Crippen LogP contribution in [-0.4, -0.2) is 31.3 Å². The molecule has 2 rings (SSSR count). The van der Waals surface area contributed by atoms with E-state index in [9.17, 15) is 14.4 Å². The van der Waals surface area contributed by atoms with E-state index in [1.54, 1.807) is 25.2 Å². The number of nitrogens with one attached hydrogen (secondary N) is 3. The molecule has 0 unspecified atom stereocenters. The Bertz CT molecular complexity index is 610. The summed E-state index contributed by atoms with van der Waals surface area (Å²) in [6.07, 6.45) is 6.41. The molecule has 6 nitrogen and oxygen atoms in total. The van der Waals surface area contributed by atoms with E-state index in [4.69, 9.17) is 0 Å². The highest BCUT2D eigenvalue weighted by Crippen LogP contribution is 2.25. The van der Waals surface area contributed by atoms with E-state index < -0.39 is 0 Å². The molecular formula is C19H27N3O3. The van der Waals surface area contributed by atoms with Crippen molar-refractivity contribution in [3.63, 3.8) is 0 Å². The van der Waals surface area contributed by atoms with Gasteiger partial charge in [-0.1, -0.05) is 31.4 Å². The van der Waals surface area contributed by atoms with Gasteiger partial charge in [0.05, 0.1) is 6.54 Å². The van der Waals surface area contributed by atoms with Crippen LogP contribution < -0.4 is 16.0 Å². The number of amides is 3. The Labute approximate surface area is 148 Å².